The van der Waals surface area contributed by atoms with Crippen LogP contribution in [0.4, 0.5) is 9.80 Å². The van der Waals surface area contributed by atoms with E-state index in [1.807, 2.05) is 27.9 Å². The van der Waals surface area contributed by atoms with Gasteiger partial charge < -0.3 is 4.74 Å². The number of thiazole rings is 1. The van der Waals surface area contributed by atoms with Crippen molar-refractivity contribution in [3.8, 4) is 10.6 Å². The van der Waals surface area contributed by atoms with Crippen molar-refractivity contribution in [3.05, 3.63) is 23.0 Å². The smallest absolute Gasteiger partial charge is 0.415 e. The van der Waals surface area contributed by atoms with Gasteiger partial charge in [-0.3, -0.25) is 9.80 Å². The molecule has 5 nitrogen and oxygen atoms in total. The molecule has 4 fully saturated rings. The van der Waals surface area contributed by atoms with Crippen LogP contribution in [0, 0.1) is 5.92 Å². The number of aromatic nitrogens is 1. The van der Waals surface area contributed by atoms with E-state index in [1.165, 1.54) is 0 Å². The van der Waals surface area contributed by atoms with Gasteiger partial charge in [-0.1, -0.05) is 0 Å². The van der Waals surface area contributed by atoms with Gasteiger partial charge in [-0.2, -0.15) is 0 Å². The topological polar surface area (TPSA) is 45.7 Å². The van der Waals surface area contributed by atoms with Crippen molar-refractivity contribution in [2.75, 3.05) is 31.1 Å². The molecule has 0 saturated carbocycles. The fraction of sp³-hybridized carbons (Fsp3) is 0.500. The van der Waals surface area contributed by atoms with Crippen LogP contribution in [0.5, 0.6) is 0 Å². The lowest BCUT2D eigenvalue weighted by Crippen LogP contribution is -2.61. The highest BCUT2D eigenvalue weighted by Gasteiger charge is 2.55. The van der Waals surface area contributed by atoms with Crippen molar-refractivity contribution in [2.45, 2.75) is 18.4 Å². The minimum absolute atomic E-state index is 0.189. The summed E-state index contributed by atoms with van der Waals surface area (Å²) in [4.78, 5) is 22.2. The fourth-order valence-electron chi connectivity index (χ4n) is 4.13. The number of hydrogen-bond donors (Lipinski definition) is 0. The van der Waals surface area contributed by atoms with Crippen LogP contribution >= 0.6 is 22.7 Å². The van der Waals surface area contributed by atoms with Crippen molar-refractivity contribution < 1.29 is 9.53 Å². The summed E-state index contributed by atoms with van der Waals surface area (Å²) in [7, 11) is 0. The maximum Gasteiger partial charge on any atom is 0.415 e. The molecule has 7 heteroatoms. The van der Waals surface area contributed by atoms with E-state index in [-0.39, 0.29) is 11.7 Å². The molecule has 0 unspecified atom stereocenters. The van der Waals surface area contributed by atoms with E-state index in [0.717, 1.165) is 48.0 Å². The lowest BCUT2D eigenvalue weighted by atomic mass is 9.75. The van der Waals surface area contributed by atoms with Gasteiger partial charge >= 0.3 is 6.09 Å². The Labute approximate surface area is 142 Å². The monoisotopic (exact) mass is 347 g/mol. The van der Waals surface area contributed by atoms with Crippen LogP contribution in [-0.2, 0) is 4.74 Å². The van der Waals surface area contributed by atoms with Crippen molar-refractivity contribution in [3.63, 3.8) is 0 Å². The number of piperidine rings is 3. The first-order chi connectivity index (χ1) is 11.2. The minimum atomic E-state index is -0.293. The van der Waals surface area contributed by atoms with Crippen molar-refractivity contribution >= 4 is 33.8 Å². The third-order valence-corrected chi connectivity index (χ3v) is 7.02. The molecule has 1 atom stereocenters. The normalized spacial score (nSPS) is 32.7. The van der Waals surface area contributed by atoms with Gasteiger partial charge in [0.25, 0.3) is 0 Å². The van der Waals surface area contributed by atoms with Crippen molar-refractivity contribution in [1.82, 2.24) is 9.88 Å². The summed E-state index contributed by atoms with van der Waals surface area (Å²) in [5.41, 5.74) is 2.52. The first kappa shape index (κ1) is 13.9. The summed E-state index contributed by atoms with van der Waals surface area (Å²) in [6, 6.07) is 4.06. The number of rotatable bonds is 2. The number of fused-ring (bicyclic) bond motifs is 2. The Morgan fingerprint density at radius 2 is 2.13 bits per heavy atom. The van der Waals surface area contributed by atoms with Gasteiger partial charge in [-0.05, 0) is 38.1 Å². The van der Waals surface area contributed by atoms with E-state index >= 15 is 0 Å². The number of carbonyl (C=O) groups is 1. The molecule has 2 bridgehead atoms. The van der Waals surface area contributed by atoms with Gasteiger partial charge in [0, 0.05) is 17.8 Å². The Morgan fingerprint density at radius 1 is 1.26 bits per heavy atom. The van der Waals surface area contributed by atoms with Crippen LogP contribution < -0.4 is 4.90 Å². The SMILES string of the molecule is O=C1O[C@]2(CN3CCC2CC3)CN1c1ccc(-c2cscn2)s1. The summed E-state index contributed by atoms with van der Waals surface area (Å²) in [6.07, 6.45) is 2.11. The van der Waals surface area contributed by atoms with E-state index < -0.39 is 0 Å². The molecule has 0 N–H and O–H groups in total. The Balaban J connectivity index is 1.43. The van der Waals surface area contributed by atoms with E-state index in [4.69, 9.17) is 4.74 Å². The molecule has 4 aliphatic heterocycles. The average Bonchev–Trinajstić information content (AvgIpc) is 3.28. The molecule has 6 heterocycles. The molecule has 6 rings (SSSR count). The second kappa shape index (κ2) is 5.03. The molecule has 0 aromatic carbocycles. The van der Waals surface area contributed by atoms with E-state index in [1.54, 1.807) is 22.7 Å². The molecule has 1 amide bonds. The molecule has 0 aliphatic carbocycles. The number of hydrogen-bond acceptors (Lipinski definition) is 6. The number of thiophene rings is 1. The maximum atomic E-state index is 12.5. The van der Waals surface area contributed by atoms with E-state index in [2.05, 4.69) is 9.88 Å². The predicted octanol–water partition coefficient (Wildman–Crippen LogP) is 3.29. The van der Waals surface area contributed by atoms with Gasteiger partial charge in [0.1, 0.15) is 10.6 Å². The third-order valence-electron chi connectivity index (χ3n) is 5.30. The van der Waals surface area contributed by atoms with Gasteiger partial charge in [0.2, 0.25) is 0 Å². The third kappa shape index (κ3) is 2.14. The van der Waals surface area contributed by atoms with E-state index in [9.17, 15) is 4.79 Å². The molecule has 1 spiro atoms. The zero-order valence-corrected chi connectivity index (χ0v) is 14.2. The first-order valence-electron chi connectivity index (χ1n) is 7.95. The number of amides is 1. The average molecular weight is 347 g/mol. The highest BCUT2D eigenvalue weighted by atomic mass is 32.1. The van der Waals surface area contributed by atoms with E-state index in [0.29, 0.717) is 12.5 Å². The summed E-state index contributed by atoms with van der Waals surface area (Å²) >= 11 is 3.20. The number of nitrogens with zero attached hydrogens (tertiary/aromatic N) is 3. The lowest BCUT2D eigenvalue weighted by molar-refractivity contribution is -0.0881. The molecule has 4 aliphatic rings. The van der Waals surface area contributed by atoms with Gasteiger partial charge in [0.05, 0.1) is 22.6 Å². The second-order valence-corrected chi connectivity index (χ2v) is 8.36. The molecule has 2 aromatic rings. The van der Waals surface area contributed by atoms with Gasteiger partial charge in [0.15, 0.2) is 0 Å². The molecule has 2 aromatic heterocycles. The predicted molar refractivity (Wildman–Crippen MR) is 91.1 cm³/mol. The number of carbonyl (C=O) groups excluding carboxylic acids is 1. The highest BCUT2D eigenvalue weighted by Crippen LogP contribution is 2.45. The van der Waals surface area contributed by atoms with Crippen LogP contribution in [0.3, 0.4) is 0 Å². The van der Waals surface area contributed by atoms with Crippen LogP contribution in [0.2, 0.25) is 0 Å². The summed E-state index contributed by atoms with van der Waals surface area (Å²) in [6.45, 7) is 3.88. The maximum absolute atomic E-state index is 12.5. The van der Waals surface area contributed by atoms with Gasteiger partial charge in [-0.15, -0.1) is 22.7 Å². The lowest BCUT2D eigenvalue weighted by Gasteiger charge is -2.49. The zero-order valence-electron chi connectivity index (χ0n) is 12.6. The van der Waals surface area contributed by atoms with Crippen molar-refractivity contribution in [2.24, 2.45) is 5.92 Å². The highest BCUT2D eigenvalue weighted by molar-refractivity contribution is 7.19. The van der Waals surface area contributed by atoms with Crippen LogP contribution in [0.15, 0.2) is 23.0 Å². The summed E-state index contributed by atoms with van der Waals surface area (Å²) in [5, 5.41) is 3.00. The molecule has 120 valence electrons. The number of anilines is 1. The fourth-order valence-corrected chi connectivity index (χ4v) is 5.72. The Hall–Kier alpha value is -1.44. The Morgan fingerprint density at radius 3 is 2.83 bits per heavy atom. The standard InChI is InChI=1S/C16H17N3O2S2/c20-15-19(14-2-1-13(23-14)12-7-22-10-17-12)9-16(21-15)8-18-5-3-11(16)4-6-18/h1-2,7,10-11H,3-6,8-9H2/t16-/m1/s1. The van der Waals surface area contributed by atoms with Crippen LogP contribution in [0.1, 0.15) is 12.8 Å². The molecular weight excluding hydrogens is 330 g/mol. The largest absolute Gasteiger partial charge is 0.439 e. The molecule has 4 saturated heterocycles. The first-order valence-corrected chi connectivity index (χ1v) is 9.71. The van der Waals surface area contributed by atoms with Crippen molar-refractivity contribution in [1.29, 1.82) is 0 Å². The van der Waals surface area contributed by atoms with Gasteiger partial charge in [-0.25, -0.2) is 9.78 Å². The second-order valence-electron chi connectivity index (χ2n) is 6.58. The summed E-state index contributed by atoms with van der Waals surface area (Å²) < 4.78 is 5.93. The Kier molecular flexibility index (Phi) is 3.05. The zero-order chi connectivity index (χ0) is 15.4. The van der Waals surface area contributed by atoms with Crippen LogP contribution in [-0.4, -0.2) is 47.8 Å². The molecule has 23 heavy (non-hydrogen) atoms. The quantitative estimate of drug-likeness (QED) is 0.836. The Bertz CT molecular complexity index is 736. The number of ether oxygens (including phenoxy) is 1. The van der Waals surface area contributed by atoms with Crippen LogP contribution in [0.25, 0.3) is 10.6 Å². The minimum Gasteiger partial charge on any atom is -0.439 e. The molecular formula is C16H17N3O2S2. The summed E-state index contributed by atoms with van der Waals surface area (Å²) in [5.74, 6) is 0.513. The molecule has 0 radical (unpaired) electrons.